The number of aryl methyl sites for hydroxylation is 1. The molecule has 0 amide bonds. The maximum absolute atomic E-state index is 11.4. The first-order chi connectivity index (χ1) is 9.13. The summed E-state index contributed by atoms with van der Waals surface area (Å²) in [6.07, 6.45) is 2.82. The molecule has 0 N–H and O–H groups in total. The number of ether oxygens (including phenoxy) is 1. The zero-order chi connectivity index (χ0) is 13.7. The minimum absolute atomic E-state index is 0.211. The van der Waals surface area contributed by atoms with E-state index in [1.54, 1.807) is 0 Å². The molecule has 0 bridgehead atoms. The van der Waals surface area contributed by atoms with Crippen LogP contribution < -0.4 is 0 Å². The Morgan fingerprint density at radius 2 is 2.11 bits per heavy atom. The minimum atomic E-state index is -0.211. The van der Waals surface area contributed by atoms with Crippen LogP contribution in [-0.4, -0.2) is 38.0 Å². The Hall–Kier alpha value is -1.19. The largest absolute Gasteiger partial charge is 0.381 e. The Bertz CT molecular complexity index is 425. The Labute approximate surface area is 115 Å². The predicted molar refractivity (Wildman–Crippen MR) is 76.1 cm³/mol. The number of carbonyl (C=O) groups is 1. The van der Waals surface area contributed by atoms with Gasteiger partial charge < -0.3 is 14.4 Å². The number of hydrogen-bond acceptors (Lipinski definition) is 3. The van der Waals surface area contributed by atoms with E-state index < -0.39 is 0 Å². The summed E-state index contributed by atoms with van der Waals surface area (Å²) in [5.41, 5.74) is 2.37. The quantitative estimate of drug-likeness (QED) is 0.762. The first-order valence-corrected chi connectivity index (χ1v) is 6.92. The van der Waals surface area contributed by atoms with E-state index in [2.05, 4.69) is 43.1 Å². The summed E-state index contributed by atoms with van der Waals surface area (Å²) in [5, 5.41) is 0. The Balaban J connectivity index is 1.96. The van der Waals surface area contributed by atoms with Gasteiger partial charge in [-0.25, -0.2) is 0 Å². The molecule has 3 nitrogen and oxygen atoms in total. The lowest BCUT2D eigenvalue weighted by Crippen LogP contribution is -2.41. The molecule has 0 saturated carbocycles. The third-order valence-corrected chi connectivity index (χ3v) is 3.86. The lowest BCUT2D eigenvalue weighted by Gasteiger charge is -2.35. The van der Waals surface area contributed by atoms with Crippen LogP contribution in [0.25, 0.3) is 0 Å². The first-order valence-electron chi connectivity index (χ1n) is 6.92. The molecule has 104 valence electrons. The molecule has 0 radical (unpaired) electrons. The zero-order valence-electron chi connectivity index (χ0n) is 11.9. The molecule has 1 saturated heterocycles. The smallest absolute Gasteiger partial charge is 0.127 e. The fraction of sp³-hybridized carbons (Fsp3) is 0.562. The van der Waals surface area contributed by atoms with E-state index in [0.717, 1.165) is 32.2 Å². The predicted octanol–water partition coefficient (Wildman–Crippen LogP) is 2.42. The molecule has 0 aromatic heterocycles. The van der Waals surface area contributed by atoms with Crippen molar-refractivity contribution in [2.24, 2.45) is 5.41 Å². The van der Waals surface area contributed by atoms with Gasteiger partial charge in [-0.3, -0.25) is 0 Å². The van der Waals surface area contributed by atoms with Crippen molar-refractivity contribution in [2.45, 2.75) is 26.3 Å². The number of nitrogens with zero attached hydrogens (tertiary/aromatic N) is 1. The maximum Gasteiger partial charge on any atom is 0.127 e. The van der Waals surface area contributed by atoms with E-state index in [1.165, 1.54) is 11.1 Å². The van der Waals surface area contributed by atoms with Crippen LogP contribution in [0.4, 0.5) is 0 Å². The molecule has 1 heterocycles. The van der Waals surface area contributed by atoms with Crippen molar-refractivity contribution in [3.05, 3.63) is 35.4 Å². The summed E-state index contributed by atoms with van der Waals surface area (Å²) in [5.74, 6) is 0. The summed E-state index contributed by atoms with van der Waals surface area (Å²) in [7, 11) is 2.09. The third-order valence-electron chi connectivity index (χ3n) is 3.86. The second-order valence-corrected chi connectivity index (χ2v) is 5.75. The van der Waals surface area contributed by atoms with Crippen LogP contribution in [0.2, 0.25) is 0 Å². The number of rotatable bonds is 5. The standard InChI is InChI=1S/C16H23NO2/c1-14-4-3-5-15(10-14)11-17(2)12-16(13-18)6-8-19-9-7-16/h3-5,10,13H,6-9,11-12H2,1-2H3. The van der Waals surface area contributed by atoms with E-state index in [9.17, 15) is 4.79 Å². The highest BCUT2D eigenvalue weighted by molar-refractivity contribution is 5.60. The number of carbonyl (C=O) groups excluding carboxylic acids is 1. The second-order valence-electron chi connectivity index (χ2n) is 5.75. The second kappa shape index (κ2) is 6.31. The van der Waals surface area contributed by atoms with Gasteiger partial charge in [-0.05, 0) is 32.4 Å². The Morgan fingerprint density at radius 1 is 1.37 bits per heavy atom. The molecule has 2 rings (SSSR count). The van der Waals surface area contributed by atoms with Crippen LogP contribution in [0.1, 0.15) is 24.0 Å². The zero-order valence-corrected chi connectivity index (χ0v) is 11.9. The van der Waals surface area contributed by atoms with E-state index in [-0.39, 0.29) is 5.41 Å². The summed E-state index contributed by atoms with van der Waals surface area (Å²) in [6.45, 7) is 5.22. The van der Waals surface area contributed by atoms with Crippen molar-refractivity contribution in [3.8, 4) is 0 Å². The number of benzene rings is 1. The van der Waals surface area contributed by atoms with Gasteiger partial charge in [0.2, 0.25) is 0 Å². The van der Waals surface area contributed by atoms with Gasteiger partial charge in [-0.2, -0.15) is 0 Å². The third kappa shape index (κ3) is 3.88. The molecule has 3 heteroatoms. The topological polar surface area (TPSA) is 29.5 Å². The number of aldehydes is 1. The molecule has 0 aliphatic carbocycles. The average Bonchev–Trinajstić information content (AvgIpc) is 2.39. The summed E-state index contributed by atoms with van der Waals surface area (Å²) >= 11 is 0. The van der Waals surface area contributed by atoms with Crippen LogP contribution >= 0.6 is 0 Å². The Kier molecular flexibility index (Phi) is 4.72. The van der Waals surface area contributed by atoms with Gasteiger partial charge in [0.05, 0.1) is 0 Å². The molecule has 1 aliphatic heterocycles. The molecule has 0 spiro atoms. The van der Waals surface area contributed by atoms with Crippen LogP contribution in [0.5, 0.6) is 0 Å². The normalized spacial score (nSPS) is 18.5. The van der Waals surface area contributed by atoms with E-state index in [0.29, 0.717) is 13.2 Å². The summed E-state index contributed by atoms with van der Waals surface area (Å²) < 4.78 is 5.36. The van der Waals surface area contributed by atoms with Crippen molar-refractivity contribution < 1.29 is 9.53 Å². The van der Waals surface area contributed by atoms with Crippen LogP contribution in [0, 0.1) is 12.3 Å². The molecule has 0 unspecified atom stereocenters. The van der Waals surface area contributed by atoms with Gasteiger partial charge in [0.25, 0.3) is 0 Å². The van der Waals surface area contributed by atoms with Crippen molar-refractivity contribution in [2.75, 3.05) is 26.8 Å². The monoisotopic (exact) mass is 261 g/mol. The van der Waals surface area contributed by atoms with Crippen molar-refractivity contribution in [1.82, 2.24) is 4.90 Å². The molecule has 1 aromatic carbocycles. The van der Waals surface area contributed by atoms with Gasteiger partial charge in [-0.15, -0.1) is 0 Å². The van der Waals surface area contributed by atoms with Crippen molar-refractivity contribution in [1.29, 1.82) is 0 Å². The van der Waals surface area contributed by atoms with Crippen LogP contribution in [-0.2, 0) is 16.1 Å². The van der Waals surface area contributed by atoms with E-state index in [1.807, 2.05) is 0 Å². The summed E-state index contributed by atoms with van der Waals surface area (Å²) in [6, 6.07) is 8.53. The number of hydrogen-bond donors (Lipinski definition) is 0. The van der Waals surface area contributed by atoms with Crippen molar-refractivity contribution >= 4 is 6.29 Å². The highest BCUT2D eigenvalue weighted by atomic mass is 16.5. The molecular formula is C16H23NO2. The molecule has 1 aliphatic rings. The minimum Gasteiger partial charge on any atom is -0.381 e. The summed E-state index contributed by atoms with van der Waals surface area (Å²) in [4.78, 5) is 13.7. The lowest BCUT2D eigenvalue weighted by atomic mass is 9.81. The van der Waals surface area contributed by atoms with Crippen LogP contribution in [0.15, 0.2) is 24.3 Å². The van der Waals surface area contributed by atoms with Gasteiger partial charge in [0.1, 0.15) is 6.29 Å². The van der Waals surface area contributed by atoms with Crippen molar-refractivity contribution in [3.63, 3.8) is 0 Å². The van der Waals surface area contributed by atoms with E-state index in [4.69, 9.17) is 4.74 Å². The fourth-order valence-electron chi connectivity index (χ4n) is 2.81. The van der Waals surface area contributed by atoms with Gasteiger partial charge in [0.15, 0.2) is 0 Å². The van der Waals surface area contributed by atoms with Gasteiger partial charge >= 0.3 is 0 Å². The van der Waals surface area contributed by atoms with Gasteiger partial charge in [-0.1, -0.05) is 29.8 Å². The van der Waals surface area contributed by atoms with Crippen LogP contribution in [0.3, 0.4) is 0 Å². The maximum atomic E-state index is 11.4. The highest BCUT2D eigenvalue weighted by Gasteiger charge is 2.33. The molecule has 1 fully saturated rings. The fourth-order valence-corrected chi connectivity index (χ4v) is 2.81. The molecule has 0 atom stereocenters. The molecule has 1 aromatic rings. The lowest BCUT2D eigenvalue weighted by molar-refractivity contribution is -0.122. The SMILES string of the molecule is Cc1cccc(CN(C)CC2(C=O)CCOCC2)c1. The molecule has 19 heavy (non-hydrogen) atoms. The van der Waals surface area contributed by atoms with E-state index >= 15 is 0 Å². The highest BCUT2D eigenvalue weighted by Crippen LogP contribution is 2.29. The van der Waals surface area contributed by atoms with Gasteiger partial charge in [0, 0.05) is 31.7 Å². The average molecular weight is 261 g/mol. The molecular weight excluding hydrogens is 238 g/mol. The Morgan fingerprint density at radius 3 is 2.74 bits per heavy atom. The first kappa shape index (κ1) is 14.2.